The lowest BCUT2D eigenvalue weighted by molar-refractivity contribution is -0.309. The summed E-state index contributed by atoms with van der Waals surface area (Å²) in [6.45, 7) is -0.558. The van der Waals surface area contributed by atoms with Crippen LogP contribution in [0.1, 0.15) is 0 Å². The van der Waals surface area contributed by atoms with Crippen LogP contribution < -0.4 is 5.11 Å². The van der Waals surface area contributed by atoms with Gasteiger partial charge < -0.3 is 19.5 Å². The Balaban J connectivity index is 3.31. The van der Waals surface area contributed by atoms with Crippen LogP contribution in [-0.4, -0.2) is 43.8 Å². The summed E-state index contributed by atoms with van der Waals surface area (Å²) in [5, 5.41) is 9.79. The molecule has 0 aromatic heterocycles. The summed E-state index contributed by atoms with van der Waals surface area (Å²) in [4.78, 5) is 20.5. The lowest BCUT2D eigenvalue weighted by atomic mass is 10.6. The lowest BCUT2D eigenvalue weighted by Gasteiger charge is -2.11. The first kappa shape index (κ1) is 10.8. The highest BCUT2D eigenvalue weighted by molar-refractivity contribution is 5.66. The van der Waals surface area contributed by atoms with Crippen molar-refractivity contribution >= 4 is 12.1 Å². The summed E-state index contributed by atoms with van der Waals surface area (Å²) >= 11 is 0. The molecule has 0 unspecified atom stereocenters. The van der Waals surface area contributed by atoms with Crippen LogP contribution in [0.15, 0.2) is 0 Å². The van der Waals surface area contributed by atoms with E-state index in [9.17, 15) is 19.1 Å². The summed E-state index contributed by atoms with van der Waals surface area (Å²) in [6.07, 6.45) is -1.58. The number of hydrogen-bond donors (Lipinski definition) is 0. The number of halogens is 1. The normalized spacial score (nSPS) is 9.50. The zero-order chi connectivity index (χ0) is 9.56. The van der Waals surface area contributed by atoms with Gasteiger partial charge in [0.1, 0.15) is 0 Å². The molecular formula is C6H9FNO4-. The predicted molar refractivity (Wildman–Crippen MR) is 35.0 cm³/mol. The highest BCUT2D eigenvalue weighted by Gasteiger charge is 2.04. The number of ether oxygens (including phenoxy) is 1. The van der Waals surface area contributed by atoms with Crippen LogP contribution in [0.25, 0.3) is 0 Å². The van der Waals surface area contributed by atoms with Crippen LogP contribution in [0.5, 0.6) is 0 Å². The molecule has 0 spiro atoms. The molecule has 5 nitrogen and oxygen atoms in total. The first-order chi connectivity index (χ1) is 5.54. The molecule has 0 heterocycles. The van der Waals surface area contributed by atoms with Gasteiger partial charge in [-0.3, -0.25) is 0 Å². The van der Waals surface area contributed by atoms with Crippen LogP contribution in [-0.2, 0) is 9.53 Å². The molecule has 0 rings (SSSR count). The molecule has 70 valence electrons. The Hall–Kier alpha value is -1.17. The average Bonchev–Trinajstić information content (AvgIpc) is 1.97. The van der Waals surface area contributed by atoms with Gasteiger partial charge >= 0.3 is 6.16 Å². The molecule has 0 bridgehead atoms. The second-order valence-corrected chi connectivity index (χ2v) is 2.10. The van der Waals surface area contributed by atoms with Crippen LogP contribution in [0.4, 0.5) is 9.18 Å². The molecule has 0 saturated heterocycles. The topological polar surface area (TPSA) is 69.7 Å². The number of carbonyl (C=O) groups is 2. The third kappa shape index (κ3) is 5.60. The molecule has 0 atom stereocenters. The number of carboxylic acids is 1. The Morgan fingerprint density at radius 2 is 2.17 bits per heavy atom. The van der Waals surface area contributed by atoms with E-state index < -0.39 is 18.7 Å². The van der Waals surface area contributed by atoms with Gasteiger partial charge in [-0.2, -0.15) is 0 Å². The van der Waals surface area contributed by atoms with Crippen molar-refractivity contribution in [3.8, 4) is 0 Å². The molecule has 0 saturated carbocycles. The van der Waals surface area contributed by atoms with E-state index in [1.807, 2.05) is 0 Å². The number of carbonyl (C=O) groups excluding carboxylic acids is 2. The SMILES string of the molecule is CN(CCOCC(=O)[O-])C(=O)F. The third-order valence-electron chi connectivity index (χ3n) is 1.09. The molecule has 0 aliphatic rings. The van der Waals surface area contributed by atoms with Crippen molar-refractivity contribution in [3.05, 3.63) is 0 Å². The van der Waals surface area contributed by atoms with E-state index in [0.29, 0.717) is 0 Å². The van der Waals surface area contributed by atoms with E-state index in [1.54, 1.807) is 0 Å². The molecule has 0 aliphatic carbocycles. The van der Waals surface area contributed by atoms with Crippen molar-refractivity contribution in [2.24, 2.45) is 0 Å². The Bertz CT molecular complexity index is 173. The fourth-order valence-corrected chi connectivity index (χ4v) is 0.445. The van der Waals surface area contributed by atoms with Gasteiger partial charge in [0, 0.05) is 13.6 Å². The van der Waals surface area contributed by atoms with Gasteiger partial charge in [0.2, 0.25) is 0 Å². The number of aliphatic carboxylic acids is 1. The molecule has 0 N–H and O–H groups in total. The summed E-state index contributed by atoms with van der Waals surface area (Å²) in [6, 6.07) is 0. The smallest absolute Gasteiger partial charge is 0.399 e. The highest BCUT2D eigenvalue weighted by atomic mass is 19.1. The van der Waals surface area contributed by atoms with Crippen molar-refractivity contribution in [2.75, 3.05) is 26.8 Å². The van der Waals surface area contributed by atoms with Gasteiger partial charge in [-0.05, 0) is 0 Å². The monoisotopic (exact) mass is 178 g/mol. The summed E-state index contributed by atoms with van der Waals surface area (Å²) in [7, 11) is 1.24. The quantitative estimate of drug-likeness (QED) is 0.300. The fraction of sp³-hybridized carbons (Fsp3) is 0.667. The Labute approximate surface area is 68.7 Å². The zero-order valence-corrected chi connectivity index (χ0v) is 6.58. The Kier molecular flexibility index (Phi) is 4.94. The summed E-state index contributed by atoms with van der Waals surface area (Å²) in [5.74, 6) is -1.34. The standard InChI is InChI=1S/C6H10FNO4/c1-8(6(7)11)2-3-12-4-5(9)10/h2-4H2,1H3,(H,9,10)/p-1. The van der Waals surface area contributed by atoms with E-state index in [0.717, 1.165) is 4.90 Å². The number of nitrogens with zero attached hydrogens (tertiary/aromatic N) is 1. The molecule has 0 fully saturated rings. The van der Waals surface area contributed by atoms with Crippen molar-refractivity contribution in [3.63, 3.8) is 0 Å². The van der Waals surface area contributed by atoms with Gasteiger partial charge in [0.05, 0.1) is 19.2 Å². The van der Waals surface area contributed by atoms with E-state index in [1.165, 1.54) is 7.05 Å². The number of hydrogen-bond acceptors (Lipinski definition) is 4. The van der Waals surface area contributed by atoms with E-state index in [2.05, 4.69) is 4.74 Å². The maximum Gasteiger partial charge on any atom is 0.399 e. The second-order valence-electron chi connectivity index (χ2n) is 2.10. The van der Waals surface area contributed by atoms with Crippen molar-refractivity contribution in [1.29, 1.82) is 0 Å². The van der Waals surface area contributed by atoms with E-state index in [-0.39, 0.29) is 13.2 Å². The van der Waals surface area contributed by atoms with Gasteiger partial charge in [0.15, 0.2) is 0 Å². The molecule has 1 amide bonds. The lowest BCUT2D eigenvalue weighted by Crippen LogP contribution is -2.30. The minimum atomic E-state index is -1.58. The summed E-state index contributed by atoms with van der Waals surface area (Å²) < 4.78 is 16.3. The molecule has 0 aromatic carbocycles. The number of likely N-dealkylation sites (N-methyl/N-ethyl adjacent to an activating group) is 1. The highest BCUT2D eigenvalue weighted by Crippen LogP contribution is 1.87. The average molecular weight is 178 g/mol. The fourth-order valence-electron chi connectivity index (χ4n) is 0.445. The zero-order valence-electron chi connectivity index (χ0n) is 6.58. The number of rotatable bonds is 5. The Morgan fingerprint density at radius 1 is 1.58 bits per heavy atom. The first-order valence-electron chi connectivity index (χ1n) is 3.22. The summed E-state index contributed by atoms with van der Waals surface area (Å²) in [5.41, 5.74) is 0. The molecule has 0 aliphatic heterocycles. The third-order valence-corrected chi connectivity index (χ3v) is 1.09. The Morgan fingerprint density at radius 3 is 2.58 bits per heavy atom. The van der Waals surface area contributed by atoms with Gasteiger partial charge in [-0.15, -0.1) is 4.39 Å². The minimum absolute atomic E-state index is 0.0165. The van der Waals surface area contributed by atoms with Gasteiger partial charge in [-0.25, -0.2) is 4.79 Å². The number of carboxylic acid groups (broad SMARTS) is 1. The van der Waals surface area contributed by atoms with E-state index in [4.69, 9.17) is 0 Å². The largest absolute Gasteiger partial charge is 0.548 e. The van der Waals surface area contributed by atoms with E-state index >= 15 is 0 Å². The maximum atomic E-state index is 11.8. The van der Waals surface area contributed by atoms with Crippen molar-refractivity contribution < 1.29 is 23.8 Å². The molecule has 6 heteroatoms. The van der Waals surface area contributed by atoms with Crippen molar-refractivity contribution in [1.82, 2.24) is 4.90 Å². The molecular weight excluding hydrogens is 169 g/mol. The minimum Gasteiger partial charge on any atom is -0.548 e. The van der Waals surface area contributed by atoms with Crippen LogP contribution in [0.2, 0.25) is 0 Å². The van der Waals surface area contributed by atoms with Crippen LogP contribution in [0, 0.1) is 0 Å². The van der Waals surface area contributed by atoms with Gasteiger partial charge in [0.25, 0.3) is 0 Å². The maximum absolute atomic E-state index is 11.8. The molecule has 0 aromatic rings. The van der Waals surface area contributed by atoms with Gasteiger partial charge in [-0.1, -0.05) is 0 Å². The molecule has 0 radical (unpaired) electrons. The predicted octanol–water partition coefficient (Wildman–Crippen LogP) is -1.23. The first-order valence-corrected chi connectivity index (χ1v) is 3.22. The van der Waals surface area contributed by atoms with Crippen LogP contribution >= 0.6 is 0 Å². The second kappa shape index (κ2) is 5.48. The molecule has 12 heavy (non-hydrogen) atoms. The number of amides is 1. The van der Waals surface area contributed by atoms with Crippen LogP contribution in [0.3, 0.4) is 0 Å². The van der Waals surface area contributed by atoms with Crippen molar-refractivity contribution in [2.45, 2.75) is 0 Å².